The molecule has 7 heteroatoms. The van der Waals surface area contributed by atoms with Crippen molar-refractivity contribution in [2.24, 2.45) is 5.11 Å². The van der Waals surface area contributed by atoms with E-state index in [0.717, 1.165) is 5.56 Å². The minimum absolute atomic E-state index is 0.0321. The summed E-state index contributed by atoms with van der Waals surface area (Å²) in [5.74, 6) is -0.0321. The predicted octanol–water partition coefficient (Wildman–Crippen LogP) is 3.43. The van der Waals surface area contributed by atoms with E-state index in [1.54, 1.807) is 25.1 Å². The van der Waals surface area contributed by atoms with Crippen molar-refractivity contribution in [2.75, 3.05) is 0 Å². The lowest BCUT2D eigenvalue weighted by Crippen LogP contribution is -1.97. The van der Waals surface area contributed by atoms with Crippen molar-refractivity contribution in [3.63, 3.8) is 0 Å². The molecule has 2 atom stereocenters. The van der Waals surface area contributed by atoms with E-state index in [0.29, 0.717) is 10.6 Å². The van der Waals surface area contributed by atoms with Crippen molar-refractivity contribution in [3.05, 3.63) is 44.8 Å². The molecule has 2 unspecified atom stereocenters. The average Bonchev–Trinajstić information content (AvgIpc) is 2.21. The van der Waals surface area contributed by atoms with Crippen molar-refractivity contribution in [1.29, 1.82) is 0 Å². The number of hydrogen-bond donors (Lipinski definition) is 1. The van der Waals surface area contributed by atoms with E-state index >= 15 is 0 Å². The van der Waals surface area contributed by atoms with Crippen LogP contribution in [0.25, 0.3) is 10.4 Å². The van der Waals surface area contributed by atoms with Crippen molar-refractivity contribution >= 4 is 22.7 Å². The number of nitrogens with zero attached hydrogens (tertiary/aromatic N) is 3. The maximum absolute atomic E-state index is 10.7. The third kappa shape index (κ3) is 3.50. The first-order chi connectivity index (χ1) is 7.54. The minimum atomic E-state index is -1.94. The van der Waals surface area contributed by atoms with Gasteiger partial charge in [-0.3, -0.25) is 0 Å². The Balaban J connectivity index is 3.06. The molecule has 86 valence electrons. The van der Waals surface area contributed by atoms with Crippen LogP contribution < -0.4 is 0 Å². The molecule has 1 rings (SSSR count). The molecule has 0 aliphatic rings. The molecule has 0 spiro atoms. The number of hydrogen-bond acceptors (Lipinski definition) is 2. The lowest BCUT2D eigenvalue weighted by molar-refractivity contribution is 0.563. The highest BCUT2D eigenvalue weighted by atomic mass is 35.5. The molecule has 1 aromatic carbocycles. The van der Waals surface area contributed by atoms with E-state index in [1.807, 2.05) is 0 Å². The Hall–Kier alpha value is -1.07. The zero-order valence-corrected chi connectivity index (χ0v) is 10.1. The topological polar surface area (TPSA) is 86.1 Å². The number of azide groups is 1. The largest absolute Gasteiger partial charge is 0.306 e. The fraction of sp³-hybridized carbons (Fsp3) is 0.333. The highest BCUT2D eigenvalue weighted by Crippen LogP contribution is 2.24. The summed E-state index contributed by atoms with van der Waals surface area (Å²) in [4.78, 5) is 2.71. The average molecular weight is 260 g/mol. The summed E-state index contributed by atoms with van der Waals surface area (Å²) >= 11 is 3.93. The van der Waals surface area contributed by atoms with E-state index in [-0.39, 0.29) is 11.8 Å². The Labute approximate surface area is 100 Å². The van der Waals surface area contributed by atoms with Gasteiger partial charge in [0.15, 0.2) is 11.1 Å². The Morgan fingerprint density at radius 2 is 2.38 bits per heavy atom. The molecule has 0 heterocycles. The van der Waals surface area contributed by atoms with Gasteiger partial charge in [-0.05, 0) is 22.7 Å². The fourth-order valence-electron chi connectivity index (χ4n) is 1.24. The van der Waals surface area contributed by atoms with Gasteiger partial charge in [-0.25, -0.2) is 4.21 Å². The molecule has 0 bridgehead atoms. The molecule has 1 N–H and O–H groups in total. The molecule has 5 nitrogen and oxygen atoms in total. The summed E-state index contributed by atoms with van der Waals surface area (Å²) in [6.45, 7) is 1.74. The number of rotatable bonds is 4. The SMILES string of the molecule is CC(N=[N+]=[N-])c1ccc(Cl)c(CS(=O)O)c1. The van der Waals surface area contributed by atoms with E-state index in [9.17, 15) is 4.21 Å². The summed E-state index contributed by atoms with van der Waals surface area (Å²) in [6.07, 6.45) is 0. The minimum Gasteiger partial charge on any atom is -0.306 e. The smallest absolute Gasteiger partial charge is 0.157 e. The normalized spacial score (nSPS) is 13.9. The molecule has 0 radical (unpaired) electrons. The van der Waals surface area contributed by atoms with Gasteiger partial charge in [-0.2, -0.15) is 0 Å². The van der Waals surface area contributed by atoms with E-state index < -0.39 is 11.1 Å². The highest BCUT2D eigenvalue weighted by Gasteiger charge is 2.08. The van der Waals surface area contributed by atoms with Gasteiger partial charge in [0.05, 0.1) is 11.8 Å². The molecular weight excluding hydrogens is 250 g/mol. The summed E-state index contributed by atoms with van der Waals surface area (Å²) in [5, 5.41) is 3.97. The molecule has 0 saturated heterocycles. The Kier molecular flexibility index (Phi) is 4.76. The van der Waals surface area contributed by atoms with Crippen LogP contribution in [0, 0.1) is 0 Å². The van der Waals surface area contributed by atoms with Gasteiger partial charge in [-0.15, -0.1) is 0 Å². The van der Waals surface area contributed by atoms with E-state index in [2.05, 4.69) is 10.0 Å². The van der Waals surface area contributed by atoms with Crippen LogP contribution in [0.15, 0.2) is 23.3 Å². The zero-order chi connectivity index (χ0) is 12.1. The third-order valence-electron chi connectivity index (χ3n) is 2.06. The Morgan fingerprint density at radius 3 is 2.94 bits per heavy atom. The second-order valence-electron chi connectivity index (χ2n) is 3.20. The Morgan fingerprint density at radius 1 is 1.69 bits per heavy atom. The highest BCUT2D eigenvalue weighted by molar-refractivity contribution is 7.78. The van der Waals surface area contributed by atoms with Crippen LogP contribution >= 0.6 is 11.6 Å². The first-order valence-electron chi connectivity index (χ1n) is 4.44. The van der Waals surface area contributed by atoms with Crippen LogP contribution in [0.4, 0.5) is 0 Å². The molecule has 0 aromatic heterocycles. The second kappa shape index (κ2) is 5.86. The van der Waals surface area contributed by atoms with Gasteiger partial charge < -0.3 is 4.55 Å². The van der Waals surface area contributed by atoms with Gasteiger partial charge >= 0.3 is 0 Å². The summed E-state index contributed by atoms with van der Waals surface area (Å²) in [5.41, 5.74) is 9.65. The monoisotopic (exact) mass is 259 g/mol. The number of benzene rings is 1. The molecule has 0 aliphatic carbocycles. The molecule has 0 saturated carbocycles. The van der Waals surface area contributed by atoms with Crippen molar-refractivity contribution < 1.29 is 8.76 Å². The van der Waals surface area contributed by atoms with Crippen LogP contribution in [0.2, 0.25) is 5.02 Å². The summed E-state index contributed by atoms with van der Waals surface area (Å²) in [7, 11) is 0. The first-order valence-corrected chi connectivity index (χ1v) is 6.10. The van der Waals surface area contributed by atoms with Gasteiger partial charge in [0.25, 0.3) is 0 Å². The predicted molar refractivity (Wildman–Crippen MR) is 63.5 cm³/mol. The molecule has 0 fully saturated rings. The number of halogens is 1. The first kappa shape index (κ1) is 13.0. The van der Waals surface area contributed by atoms with Gasteiger partial charge in [0, 0.05) is 9.93 Å². The van der Waals surface area contributed by atoms with Crippen LogP contribution in [0.5, 0.6) is 0 Å². The van der Waals surface area contributed by atoms with Crippen LogP contribution in [-0.2, 0) is 16.8 Å². The van der Waals surface area contributed by atoms with Crippen LogP contribution in [-0.4, -0.2) is 8.76 Å². The molecule has 16 heavy (non-hydrogen) atoms. The maximum atomic E-state index is 10.7. The fourth-order valence-corrected chi connectivity index (χ4v) is 2.01. The third-order valence-corrected chi connectivity index (χ3v) is 2.98. The maximum Gasteiger partial charge on any atom is 0.157 e. The van der Waals surface area contributed by atoms with E-state index in [1.165, 1.54) is 0 Å². The van der Waals surface area contributed by atoms with Crippen molar-refractivity contribution in [1.82, 2.24) is 0 Å². The van der Waals surface area contributed by atoms with Crippen LogP contribution in [0.3, 0.4) is 0 Å². The van der Waals surface area contributed by atoms with Gasteiger partial charge in [0.2, 0.25) is 0 Å². The van der Waals surface area contributed by atoms with Crippen molar-refractivity contribution in [3.8, 4) is 0 Å². The molecular formula is C9H10ClN3O2S. The quantitative estimate of drug-likeness (QED) is 0.389. The second-order valence-corrected chi connectivity index (χ2v) is 4.54. The summed E-state index contributed by atoms with van der Waals surface area (Å²) in [6, 6.07) is 4.71. The summed E-state index contributed by atoms with van der Waals surface area (Å²) < 4.78 is 19.5. The van der Waals surface area contributed by atoms with Crippen molar-refractivity contribution in [2.45, 2.75) is 18.7 Å². The van der Waals surface area contributed by atoms with E-state index in [4.69, 9.17) is 21.7 Å². The lowest BCUT2D eigenvalue weighted by atomic mass is 10.1. The molecule has 0 amide bonds. The zero-order valence-electron chi connectivity index (χ0n) is 8.50. The lowest BCUT2D eigenvalue weighted by Gasteiger charge is -2.08. The van der Waals surface area contributed by atoms with Gasteiger partial charge in [-0.1, -0.05) is 35.8 Å². The molecule has 0 aliphatic heterocycles. The Bertz CT molecular complexity index is 460. The van der Waals surface area contributed by atoms with Gasteiger partial charge in [0.1, 0.15) is 0 Å². The van der Waals surface area contributed by atoms with Crippen LogP contribution in [0.1, 0.15) is 24.1 Å². The molecule has 1 aromatic rings. The standard InChI is InChI=1S/C9H10ClN3O2S/c1-6(12-13-11)7-2-3-9(10)8(4-7)5-16(14)15/h2-4,6H,5H2,1H3,(H,14,15).